The van der Waals surface area contributed by atoms with Gasteiger partial charge in [0, 0.05) is 30.6 Å². The zero-order chi connectivity index (χ0) is 34.1. The molecule has 4 heterocycles. The molecule has 0 saturated carbocycles. The molecule has 0 fully saturated rings. The first-order chi connectivity index (χ1) is 22.9. The summed E-state index contributed by atoms with van der Waals surface area (Å²) in [6.45, 7) is 2.47. The lowest BCUT2D eigenvalue weighted by Gasteiger charge is -2.21. The van der Waals surface area contributed by atoms with E-state index in [1.807, 2.05) is 6.92 Å². The second kappa shape index (κ2) is 11.4. The molecular formula is C33H29F2N7O5S. The molecule has 6 aromatic rings. The zero-order valence-corrected chi connectivity index (χ0v) is 27.1. The number of nitrogens with one attached hydrogen (secondary N) is 1. The van der Waals surface area contributed by atoms with Crippen LogP contribution in [0.1, 0.15) is 11.1 Å². The second-order valence-corrected chi connectivity index (χ2v) is 13.6. The van der Waals surface area contributed by atoms with Crippen LogP contribution in [0.3, 0.4) is 0 Å². The fourth-order valence-electron chi connectivity index (χ4n) is 5.97. The summed E-state index contributed by atoms with van der Waals surface area (Å²) in [5.74, 6) is -2.04. The highest BCUT2D eigenvalue weighted by Crippen LogP contribution is 2.39. The number of halogens is 2. The van der Waals surface area contributed by atoms with Crippen LogP contribution in [-0.2, 0) is 21.2 Å². The van der Waals surface area contributed by atoms with Gasteiger partial charge in [0.2, 0.25) is 11.9 Å². The standard InChI is InChI=1S/C33H29F2N7O5S/c1-18-5-7-21(8-6-18)48(45,46)41-12-10-22-30(41)38-33(42-31(22)36-25-15-20(34)14-23(35)29(25)32(42)44)37-24-16-26-19(13-27(24)47-4)9-11-40(26)28(43)17-39(2)3/h5-8,10,12-16H,9,11,17H2,1-4H3,(H,37,38). The van der Waals surface area contributed by atoms with Gasteiger partial charge in [0.15, 0.2) is 11.3 Å². The van der Waals surface area contributed by atoms with E-state index >= 15 is 4.39 Å². The van der Waals surface area contributed by atoms with E-state index in [2.05, 4.69) is 15.3 Å². The van der Waals surface area contributed by atoms with Gasteiger partial charge in [-0.25, -0.2) is 30.6 Å². The van der Waals surface area contributed by atoms with Crippen LogP contribution in [0.5, 0.6) is 5.75 Å². The quantitative estimate of drug-likeness (QED) is 0.248. The van der Waals surface area contributed by atoms with Crippen LogP contribution in [-0.4, -0.2) is 71.9 Å². The molecule has 1 aliphatic rings. The molecule has 0 saturated heterocycles. The van der Waals surface area contributed by atoms with Crippen molar-refractivity contribution in [2.75, 3.05) is 44.5 Å². The maximum Gasteiger partial charge on any atom is 0.271 e. The van der Waals surface area contributed by atoms with Crippen molar-refractivity contribution < 1.29 is 26.7 Å². The summed E-state index contributed by atoms with van der Waals surface area (Å²) in [5.41, 5.74) is 1.30. The number of hydrogen-bond acceptors (Lipinski definition) is 9. The molecule has 7 rings (SSSR count). The molecule has 0 atom stereocenters. The van der Waals surface area contributed by atoms with Crippen LogP contribution in [0.15, 0.2) is 70.5 Å². The third kappa shape index (κ3) is 5.02. The highest BCUT2D eigenvalue weighted by atomic mass is 32.2. The van der Waals surface area contributed by atoms with Crippen LogP contribution in [0.25, 0.3) is 27.6 Å². The van der Waals surface area contributed by atoms with Gasteiger partial charge in [0.05, 0.1) is 35.1 Å². The summed E-state index contributed by atoms with van der Waals surface area (Å²) in [7, 11) is 0.854. The third-order valence-corrected chi connectivity index (χ3v) is 9.93. The molecule has 246 valence electrons. The van der Waals surface area contributed by atoms with E-state index in [0.29, 0.717) is 36.2 Å². The Morgan fingerprint density at radius 2 is 1.79 bits per heavy atom. The Kier molecular flexibility index (Phi) is 7.40. The Morgan fingerprint density at radius 1 is 1.04 bits per heavy atom. The van der Waals surface area contributed by atoms with E-state index in [4.69, 9.17) is 4.74 Å². The van der Waals surface area contributed by atoms with Crippen LogP contribution < -0.4 is 20.5 Å². The molecule has 48 heavy (non-hydrogen) atoms. The maximum absolute atomic E-state index is 15.1. The Balaban J connectivity index is 1.49. The minimum Gasteiger partial charge on any atom is -0.495 e. The molecular weight excluding hydrogens is 644 g/mol. The number of carbonyl (C=O) groups is 1. The lowest BCUT2D eigenvalue weighted by Crippen LogP contribution is -2.36. The number of ether oxygens (including phenoxy) is 1. The molecule has 3 aromatic carbocycles. The summed E-state index contributed by atoms with van der Waals surface area (Å²) in [6.07, 6.45) is 1.87. The van der Waals surface area contributed by atoms with Crippen molar-refractivity contribution in [2.24, 2.45) is 0 Å². The van der Waals surface area contributed by atoms with Gasteiger partial charge in [-0.05, 0) is 63.3 Å². The summed E-state index contributed by atoms with van der Waals surface area (Å²) in [5, 5.41) is 2.73. The predicted molar refractivity (Wildman–Crippen MR) is 177 cm³/mol. The number of amides is 1. The van der Waals surface area contributed by atoms with E-state index in [1.165, 1.54) is 31.5 Å². The highest BCUT2D eigenvalue weighted by Gasteiger charge is 2.29. The van der Waals surface area contributed by atoms with Crippen molar-refractivity contribution in [2.45, 2.75) is 18.2 Å². The number of nitrogens with zero attached hydrogens (tertiary/aromatic N) is 6. The minimum atomic E-state index is -4.19. The van der Waals surface area contributed by atoms with Gasteiger partial charge in [-0.15, -0.1) is 0 Å². The number of anilines is 3. The number of methoxy groups -OCH3 is 1. The molecule has 1 amide bonds. The van der Waals surface area contributed by atoms with Gasteiger partial charge in [-0.2, -0.15) is 4.98 Å². The number of carbonyl (C=O) groups excluding carboxylic acids is 1. The number of benzene rings is 3. The van der Waals surface area contributed by atoms with E-state index in [1.54, 1.807) is 48.2 Å². The minimum absolute atomic E-state index is 0.00226. The van der Waals surface area contributed by atoms with Crippen molar-refractivity contribution in [1.29, 1.82) is 0 Å². The second-order valence-electron chi connectivity index (χ2n) is 11.8. The molecule has 15 heteroatoms. The largest absolute Gasteiger partial charge is 0.495 e. The SMILES string of the molecule is COc1cc2c(cc1Nc1nc3c(ccn3S(=O)(=O)c3ccc(C)cc3)c3nc4cc(F)cc(F)c4c(=O)n13)N(C(=O)CN(C)C)CC2. The molecule has 0 bridgehead atoms. The summed E-state index contributed by atoms with van der Waals surface area (Å²) < 4.78 is 64.7. The van der Waals surface area contributed by atoms with Gasteiger partial charge >= 0.3 is 0 Å². The van der Waals surface area contributed by atoms with E-state index in [0.717, 1.165) is 25.6 Å². The van der Waals surface area contributed by atoms with Crippen molar-refractivity contribution in [1.82, 2.24) is 23.2 Å². The molecule has 3 aromatic heterocycles. The number of rotatable bonds is 7. The zero-order valence-electron chi connectivity index (χ0n) is 26.3. The fraction of sp³-hybridized carbons (Fsp3) is 0.212. The topological polar surface area (TPSA) is 131 Å². The highest BCUT2D eigenvalue weighted by molar-refractivity contribution is 7.90. The lowest BCUT2D eigenvalue weighted by molar-refractivity contribution is -0.119. The molecule has 0 spiro atoms. The van der Waals surface area contributed by atoms with Crippen molar-refractivity contribution >= 4 is 60.8 Å². The lowest BCUT2D eigenvalue weighted by atomic mass is 10.1. The van der Waals surface area contributed by atoms with E-state index in [-0.39, 0.29) is 45.5 Å². The normalized spacial score (nSPS) is 13.2. The summed E-state index contributed by atoms with van der Waals surface area (Å²) in [6, 6.07) is 12.7. The number of likely N-dealkylation sites (N-methyl/N-ethyl adjacent to an activating group) is 1. The molecule has 1 aliphatic heterocycles. The summed E-state index contributed by atoms with van der Waals surface area (Å²) >= 11 is 0. The van der Waals surface area contributed by atoms with Crippen LogP contribution in [0.4, 0.5) is 26.1 Å². The molecule has 12 nitrogen and oxygen atoms in total. The monoisotopic (exact) mass is 673 g/mol. The Morgan fingerprint density at radius 3 is 2.50 bits per heavy atom. The number of aryl methyl sites for hydroxylation is 1. The third-order valence-electron chi connectivity index (χ3n) is 8.25. The molecule has 0 aliphatic carbocycles. The number of aromatic nitrogens is 4. The molecule has 0 radical (unpaired) electrons. The Labute approximate surface area is 272 Å². The van der Waals surface area contributed by atoms with Gasteiger partial charge in [-0.3, -0.25) is 9.59 Å². The average molecular weight is 674 g/mol. The Hall–Kier alpha value is -5.41. The van der Waals surface area contributed by atoms with E-state index in [9.17, 15) is 22.4 Å². The fourth-order valence-corrected chi connectivity index (χ4v) is 7.26. The van der Waals surface area contributed by atoms with Crippen LogP contribution in [0.2, 0.25) is 0 Å². The van der Waals surface area contributed by atoms with Crippen molar-refractivity contribution in [3.63, 3.8) is 0 Å². The molecule has 0 unspecified atom stereocenters. The van der Waals surface area contributed by atoms with Gasteiger partial charge < -0.3 is 19.9 Å². The molecule has 1 N–H and O–H groups in total. The predicted octanol–water partition coefficient (Wildman–Crippen LogP) is 4.22. The van der Waals surface area contributed by atoms with Gasteiger partial charge in [-0.1, -0.05) is 17.7 Å². The van der Waals surface area contributed by atoms with E-state index < -0.39 is 32.6 Å². The van der Waals surface area contributed by atoms with Gasteiger partial charge in [0.25, 0.3) is 15.6 Å². The summed E-state index contributed by atoms with van der Waals surface area (Å²) in [4.78, 5) is 39.5. The van der Waals surface area contributed by atoms with Gasteiger partial charge in [0.1, 0.15) is 22.8 Å². The number of hydrogen-bond donors (Lipinski definition) is 1. The smallest absolute Gasteiger partial charge is 0.271 e. The maximum atomic E-state index is 15.1. The Bertz CT molecular complexity index is 2480. The van der Waals surface area contributed by atoms with Crippen LogP contribution in [0, 0.1) is 18.6 Å². The first-order valence-electron chi connectivity index (χ1n) is 14.8. The first-order valence-corrected chi connectivity index (χ1v) is 16.3. The van der Waals surface area contributed by atoms with Crippen LogP contribution >= 0.6 is 0 Å². The number of fused-ring (bicyclic) bond motifs is 5. The van der Waals surface area contributed by atoms with Crippen molar-refractivity contribution in [3.8, 4) is 5.75 Å². The average Bonchev–Trinajstić information content (AvgIpc) is 3.65. The first kappa shape index (κ1) is 31.2. The van der Waals surface area contributed by atoms with Crippen molar-refractivity contribution in [3.05, 3.63) is 93.9 Å².